The van der Waals surface area contributed by atoms with Gasteiger partial charge in [0.2, 0.25) is 0 Å². The van der Waals surface area contributed by atoms with Gasteiger partial charge in [0.05, 0.1) is 11.6 Å². The van der Waals surface area contributed by atoms with Crippen molar-refractivity contribution >= 4 is 28.9 Å². The van der Waals surface area contributed by atoms with Crippen molar-refractivity contribution in [2.24, 2.45) is 0 Å². The number of rotatable bonds is 5. The molecule has 2 rings (SSSR count). The summed E-state index contributed by atoms with van der Waals surface area (Å²) >= 11 is 12.4. The van der Waals surface area contributed by atoms with Crippen molar-refractivity contribution in [3.63, 3.8) is 0 Å². The van der Waals surface area contributed by atoms with Gasteiger partial charge in [-0.2, -0.15) is 0 Å². The molecule has 0 saturated heterocycles. The summed E-state index contributed by atoms with van der Waals surface area (Å²) in [7, 11) is 0. The standard InChI is InChI=1S/C16H17Cl2NO/c1-3-20-16-9-8-12(10-15(16)18)19-11(2)13-6-4-5-7-14(13)17/h4-11,19H,3H2,1-2H3. The molecule has 0 aliphatic rings. The Balaban J connectivity index is 2.14. The van der Waals surface area contributed by atoms with Crippen LogP contribution in [0.3, 0.4) is 0 Å². The van der Waals surface area contributed by atoms with E-state index in [1.54, 1.807) is 0 Å². The molecule has 2 aromatic carbocycles. The summed E-state index contributed by atoms with van der Waals surface area (Å²) in [4.78, 5) is 0. The third-order valence-electron chi connectivity index (χ3n) is 2.99. The molecular formula is C16H17Cl2NO. The van der Waals surface area contributed by atoms with E-state index in [9.17, 15) is 0 Å². The van der Waals surface area contributed by atoms with Crippen LogP contribution in [0.1, 0.15) is 25.5 Å². The Kier molecular flexibility index (Phi) is 5.16. The van der Waals surface area contributed by atoms with Gasteiger partial charge in [-0.1, -0.05) is 41.4 Å². The Morgan fingerprint density at radius 1 is 1.10 bits per heavy atom. The maximum Gasteiger partial charge on any atom is 0.138 e. The second-order valence-corrected chi connectivity index (χ2v) is 5.28. The number of ether oxygens (including phenoxy) is 1. The molecule has 0 heterocycles. The van der Waals surface area contributed by atoms with Crippen LogP contribution >= 0.6 is 23.2 Å². The Labute approximate surface area is 129 Å². The van der Waals surface area contributed by atoms with Gasteiger partial charge in [0.25, 0.3) is 0 Å². The van der Waals surface area contributed by atoms with Crippen molar-refractivity contribution < 1.29 is 4.74 Å². The first-order valence-corrected chi connectivity index (χ1v) is 7.30. The quantitative estimate of drug-likeness (QED) is 0.780. The van der Waals surface area contributed by atoms with Crippen LogP contribution in [0.2, 0.25) is 10.0 Å². The van der Waals surface area contributed by atoms with Crippen LogP contribution in [0.25, 0.3) is 0 Å². The fourth-order valence-electron chi connectivity index (χ4n) is 2.02. The van der Waals surface area contributed by atoms with Gasteiger partial charge in [0.15, 0.2) is 0 Å². The maximum absolute atomic E-state index is 6.20. The van der Waals surface area contributed by atoms with Crippen molar-refractivity contribution in [2.45, 2.75) is 19.9 Å². The molecule has 0 bridgehead atoms. The molecule has 1 N–H and O–H groups in total. The van der Waals surface area contributed by atoms with Crippen LogP contribution in [-0.2, 0) is 0 Å². The normalized spacial score (nSPS) is 12.0. The Morgan fingerprint density at radius 2 is 1.85 bits per heavy atom. The zero-order chi connectivity index (χ0) is 14.5. The lowest BCUT2D eigenvalue weighted by Gasteiger charge is -2.17. The summed E-state index contributed by atoms with van der Waals surface area (Å²) in [6.45, 7) is 4.59. The van der Waals surface area contributed by atoms with E-state index in [0.717, 1.165) is 16.3 Å². The zero-order valence-electron chi connectivity index (χ0n) is 11.5. The first kappa shape index (κ1) is 15.0. The highest BCUT2D eigenvalue weighted by atomic mass is 35.5. The minimum Gasteiger partial charge on any atom is -0.492 e. The third kappa shape index (κ3) is 3.59. The Bertz CT molecular complexity index is 586. The van der Waals surface area contributed by atoms with Gasteiger partial charge in [0, 0.05) is 16.8 Å². The fraction of sp³-hybridized carbons (Fsp3) is 0.250. The van der Waals surface area contributed by atoms with E-state index in [1.165, 1.54) is 0 Å². The first-order chi connectivity index (χ1) is 9.61. The minimum absolute atomic E-state index is 0.0951. The number of nitrogens with one attached hydrogen (secondary N) is 1. The third-order valence-corrected chi connectivity index (χ3v) is 3.63. The van der Waals surface area contributed by atoms with Crippen molar-refractivity contribution in [3.05, 3.63) is 58.1 Å². The van der Waals surface area contributed by atoms with Crippen molar-refractivity contribution in [2.75, 3.05) is 11.9 Å². The summed E-state index contributed by atoms with van der Waals surface area (Å²) in [5.41, 5.74) is 1.99. The van der Waals surface area contributed by atoms with Crippen LogP contribution < -0.4 is 10.1 Å². The molecule has 1 atom stereocenters. The van der Waals surface area contributed by atoms with Crippen LogP contribution in [-0.4, -0.2) is 6.61 Å². The van der Waals surface area contributed by atoms with E-state index in [4.69, 9.17) is 27.9 Å². The summed E-state index contributed by atoms with van der Waals surface area (Å²) in [5.74, 6) is 0.699. The number of benzene rings is 2. The molecule has 0 radical (unpaired) electrons. The lowest BCUT2D eigenvalue weighted by Crippen LogP contribution is -2.07. The highest BCUT2D eigenvalue weighted by molar-refractivity contribution is 6.32. The second kappa shape index (κ2) is 6.87. The summed E-state index contributed by atoms with van der Waals surface area (Å²) in [5, 5.41) is 4.74. The average molecular weight is 310 g/mol. The summed E-state index contributed by atoms with van der Waals surface area (Å²) < 4.78 is 5.42. The maximum atomic E-state index is 6.20. The lowest BCUT2D eigenvalue weighted by molar-refractivity contribution is 0.340. The summed E-state index contributed by atoms with van der Waals surface area (Å²) in [6.07, 6.45) is 0. The molecule has 20 heavy (non-hydrogen) atoms. The van der Waals surface area contributed by atoms with E-state index in [2.05, 4.69) is 12.2 Å². The predicted molar refractivity (Wildman–Crippen MR) is 86.1 cm³/mol. The molecule has 0 aliphatic heterocycles. The molecule has 106 valence electrons. The van der Waals surface area contributed by atoms with Crippen molar-refractivity contribution in [1.82, 2.24) is 0 Å². The predicted octanol–water partition coefficient (Wildman–Crippen LogP) is 5.57. The number of halogens is 2. The molecule has 0 aromatic heterocycles. The molecule has 1 unspecified atom stereocenters. The van der Waals surface area contributed by atoms with Crippen molar-refractivity contribution in [3.8, 4) is 5.75 Å². The zero-order valence-corrected chi connectivity index (χ0v) is 13.0. The van der Waals surface area contributed by atoms with E-state index >= 15 is 0 Å². The van der Waals surface area contributed by atoms with E-state index in [0.29, 0.717) is 17.4 Å². The average Bonchev–Trinajstić information content (AvgIpc) is 2.42. The van der Waals surface area contributed by atoms with Crippen LogP contribution in [0.5, 0.6) is 5.75 Å². The minimum atomic E-state index is 0.0951. The SMILES string of the molecule is CCOc1ccc(NC(C)c2ccccc2Cl)cc1Cl. The summed E-state index contributed by atoms with van der Waals surface area (Å²) in [6, 6.07) is 13.6. The molecule has 4 heteroatoms. The van der Waals surface area contributed by atoms with Gasteiger partial charge < -0.3 is 10.1 Å². The van der Waals surface area contributed by atoms with Gasteiger partial charge >= 0.3 is 0 Å². The van der Waals surface area contributed by atoms with Gasteiger partial charge in [-0.05, 0) is 43.7 Å². The van der Waals surface area contributed by atoms with Gasteiger partial charge in [-0.25, -0.2) is 0 Å². The van der Waals surface area contributed by atoms with E-state index in [-0.39, 0.29) is 6.04 Å². The highest BCUT2D eigenvalue weighted by Crippen LogP contribution is 2.30. The molecule has 0 spiro atoms. The second-order valence-electron chi connectivity index (χ2n) is 4.47. The molecular weight excluding hydrogens is 293 g/mol. The lowest BCUT2D eigenvalue weighted by atomic mass is 10.1. The molecule has 0 saturated carbocycles. The number of anilines is 1. The molecule has 0 fully saturated rings. The first-order valence-electron chi connectivity index (χ1n) is 6.55. The topological polar surface area (TPSA) is 21.3 Å². The highest BCUT2D eigenvalue weighted by Gasteiger charge is 2.10. The number of hydrogen-bond donors (Lipinski definition) is 1. The molecule has 2 aromatic rings. The van der Waals surface area contributed by atoms with Gasteiger partial charge in [0.1, 0.15) is 5.75 Å². The Morgan fingerprint density at radius 3 is 2.50 bits per heavy atom. The smallest absolute Gasteiger partial charge is 0.138 e. The fourth-order valence-corrected chi connectivity index (χ4v) is 2.55. The number of hydrogen-bond acceptors (Lipinski definition) is 2. The molecule has 0 aliphatic carbocycles. The molecule has 2 nitrogen and oxygen atoms in total. The van der Waals surface area contributed by atoms with Crippen LogP contribution in [0, 0.1) is 0 Å². The van der Waals surface area contributed by atoms with Gasteiger partial charge in [-0.15, -0.1) is 0 Å². The van der Waals surface area contributed by atoms with Gasteiger partial charge in [-0.3, -0.25) is 0 Å². The Hall–Kier alpha value is -1.38. The van der Waals surface area contributed by atoms with E-state index < -0.39 is 0 Å². The van der Waals surface area contributed by atoms with Crippen LogP contribution in [0.15, 0.2) is 42.5 Å². The largest absolute Gasteiger partial charge is 0.492 e. The van der Waals surface area contributed by atoms with E-state index in [1.807, 2.05) is 49.4 Å². The monoisotopic (exact) mass is 309 g/mol. The van der Waals surface area contributed by atoms with Crippen LogP contribution in [0.4, 0.5) is 5.69 Å². The van der Waals surface area contributed by atoms with Crippen molar-refractivity contribution in [1.29, 1.82) is 0 Å². The molecule has 0 amide bonds.